The van der Waals surface area contributed by atoms with Crippen LogP contribution in [-0.4, -0.2) is 27.2 Å². The number of hydrogen-bond donors (Lipinski definition) is 0. The maximum absolute atomic E-state index is 9.65. The van der Waals surface area contributed by atoms with Gasteiger partial charge in [0.25, 0.3) is 0 Å². The fourth-order valence-corrected chi connectivity index (χ4v) is 1.60. The molecule has 1 rings (SSSR count). The van der Waals surface area contributed by atoms with E-state index in [4.69, 9.17) is 14.2 Å². The summed E-state index contributed by atoms with van der Waals surface area (Å²) in [5, 5.41) is 0. The molecule has 122 valence electrons. The topological polar surface area (TPSA) is 44.8 Å². The standard InChI is InChI=1S/C11H14O2.C4H9O2P.2U/c1-4-5-9-6-7-10(12-2)11(8-9)13-3;1-2-3-6-4-7-5;;/h5-8H,1,4H2,2-3H3;2-4H2,1H3;;/q-2;;;. The minimum Gasteiger partial charge on any atom is -0.506 e. The second kappa shape index (κ2) is 19.9. The largest absolute Gasteiger partial charge is 0.506 e. The molecule has 1 aromatic carbocycles. The van der Waals surface area contributed by atoms with Crippen LogP contribution in [0, 0.1) is 75.6 Å². The van der Waals surface area contributed by atoms with Gasteiger partial charge in [-0.25, -0.2) is 12.8 Å². The van der Waals surface area contributed by atoms with Gasteiger partial charge in [-0.3, -0.25) is 4.57 Å². The third-order valence-electron chi connectivity index (χ3n) is 2.28. The molecule has 0 saturated heterocycles. The van der Waals surface area contributed by atoms with Gasteiger partial charge >= 0.3 is 0 Å². The third-order valence-corrected chi connectivity index (χ3v) is 2.57. The van der Waals surface area contributed by atoms with Crippen LogP contribution in [0.5, 0.6) is 11.5 Å². The maximum atomic E-state index is 9.65. The molecule has 0 aliphatic carbocycles. The van der Waals surface area contributed by atoms with Gasteiger partial charge in [0.1, 0.15) is 17.8 Å². The second-order valence-corrected chi connectivity index (χ2v) is 4.29. The van der Waals surface area contributed by atoms with Gasteiger partial charge in [0.15, 0.2) is 8.46 Å². The fraction of sp³-hybridized carbons (Fsp3) is 0.467. The number of methoxy groups -OCH3 is 2. The fourth-order valence-electron chi connectivity index (χ4n) is 1.39. The van der Waals surface area contributed by atoms with Gasteiger partial charge in [-0.05, 0) is 6.42 Å². The third kappa shape index (κ3) is 13.3. The Morgan fingerprint density at radius 1 is 1.18 bits per heavy atom. The molecule has 0 saturated carbocycles. The summed E-state index contributed by atoms with van der Waals surface area (Å²) in [5.74, 6) is 1.51. The summed E-state index contributed by atoms with van der Waals surface area (Å²) in [6.45, 7) is 6.48. The Hall–Kier alpha value is 0.854. The molecule has 0 heterocycles. The Morgan fingerprint density at radius 2 is 1.82 bits per heavy atom. The first-order valence-corrected chi connectivity index (χ1v) is 7.44. The Balaban J connectivity index is -0.000000350. The van der Waals surface area contributed by atoms with Crippen molar-refractivity contribution in [3.05, 3.63) is 37.1 Å². The Labute approximate surface area is 183 Å². The van der Waals surface area contributed by atoms with Crippen molar-refractivity contribution in [1.29, 1.82) is 0 Å². The summed E-state index contributed by atoms with van der Waals surface area (Å²) in [6.07, 6.45) is 4.14. The van der Waals surface area contributed by atoms with Gasteiger partial charge in [-0.1, -0.05) is 13.0 Å². The van der Waals surface area contributed by atoms with Gasteiger partial charge < -0.3 is 21.1 Å². The first-order chi connectivity index (χ1) is 9.73. The van der Waals surface area contributed by atoms with Crippen LogP contribution in [0.4, 0.5) is 0 Å². The van der Waals surface area contributed by atoms with Crippen LogP contribution in [0.15, 0.2) is 18.2 Å². The number of hydrogen-bond acceptors (Lipinski definition) is 4. The van der Waals surface area contributed by atoms with Crippen LogP contribution < -0.4 is 9.47 Å². The molecule has 0 aliphatic heterocycles. The van der Waals surface area contributed by atoms with Gasteiger partial charge in [0.05, 0.1) is 14.2 Å². The average Bonchev–Trinajstić information content (AvgIpc) is 2.48. The summed E-state index contributed by atoms with van der Waals surface area (Å²) in [7, 11) is 3.34. The van der Waals surface area contributed by atoms with Gasteiger partial charge in [0.2, 0.25) is 0 Å². The molecular formula is C15H23O4PU2-2. The van der Waals surface area contributed by atoms with E-state index >= 15 is 0 Å². The molecule has 0 aromatic heterocycles. The number of ether oxygens (including phenoxy) is 3. The van der Waals surface area contributed by atoms with E-state index < -0.39 is 0 Å². The average molecular weight is 774 g/mol. The zero-order chi connectivity index (χ0) is 15.2. The van der Waals surface area contributed by atoms with Crippen molar-refractivity contribution < 1.29 is 81.0 Å². The van der Waals surface area contributed by atoms with Crippen molar-refractivity contribution in [1.82, 2.24) is 0 Å². The van der Waals surface area contributed by atoms with Crippen LogP contribution in [0.3, 0.4) is 0 Å². The first kappa shape index (κ1) is 27.7. The zero-order valence-corrected chi connectivity index (χ0v) is 22.6. The van der Waals surface area contributed by atoms with Gasteiger partial charge in [-0.2, -0.15) is 11.6 Å². The van der Waals surface area contributed by atoms with Crippen molar-refractivity contribution in [2.45, 2.75) is 19.8 Å². The molecule has 0 amide bonds. The molecule has 0 unspecified atom stereocenters. The normalized spacial score (nSPS) is 8.73. The molecule has 0 atom stereocenters. The molecule has 0 aliphatic rings. The molecule has 0 bridgehead atoms. The summed E-state index contributed by atoms with van der Waals surface area (Å²) in [6, 6.07) is 5.80. The SMILES string of the molecule is CCCOCP=O.[CH2-]C[CH-]c1ccc(OC)c(OC)c1.[U].[U]. The van der Waals surface area contributed by atoms with Gasteiger partial charge in [-0.15, -0.1) is 6.07 Å². The Morgan fingerprint density at radius 3 is 2.27 bits per heavy atom. The van der Waals surface area contributed by atoms with E-state index in [9.17, 15) is 4.57 Å². The number of rotatable bonds is 8. The van der Waals surface area contributed by atoms with E-state index in [0.29, 0.717) is 6.35 Å². The van der Waals surface area contributed by atoms with E-state index in [0.717, 1.165) is 36.5 Å². The van der Waals surface area contributed by atoms with Crippen molar-refractivity contribution >= 4 is 8.46 Å². The molecule has 0 N–H and O–H groups in total. The molecular weight excluding hydrogens is 751 g/mol. The minimum atomic E-state index is 0. The van der Waals surface area contributed by atoms with E-state index in [1.807, 2.05) is 31.5 Å². The summed E-state index contributed by atoms with van der Waals surface area (Å²) in [5.41, 5.74) is 1.10. The smallest absolute Gasteiger partial charge is 0.183 e. The Bertz CT molecular complexity index is 379. The zero-order valence-electron chi connectivity index (χ0n) is 13.4. The maximum Gasteiger partial charge on any atom is 0.183 e. The minimum absolute atomic E-state index is 0. The van der Waals surface area contributed by atoms with Gasteiger partial charge in [0, 0.05) is 68.8 Å². The van der Waals surface area contributed by atoms with Crippen molar-refractivity contribution in [2.75, 3.05) is 27.2 Å². The quantitative estimate of drug-likeness (QED) is 0.227. The van der Waals surface area contributed by atoms with Crippen LogP contribution in [0.25, 0.3) is 0 Å². The van der Waals surface area contributed by atoms with Crippen LogP contribution in [0.1, 0.15) is 25.3 Å². The molecule has 0 radical (unpaired) electrons. The monoisotopic (exact) mass is 774 g/mol. The van der Waals surface area contributed by atoms with E-state index in [-0.39, 0.29) is 70.7 Å². The molecule has 0 spiro atoms. The molecule has 7 heteroatoms. The van der Waals surface area contributed by atoms with E-state index in [2.05, 4.69) is 6.92 Å². The molecule has 22 heavy (non-hydrogen) atoms. The predicted octanol–water partition coefficient (Wildman–Crippen LogP) is 4.14. The summed E-state index contributed by atoms with van der Waals surface area (Å²) >= 11 is 0. The van der Waals surface area contributed by atoms with Crippen LogP contribution >= 0.6 is 8.46 Å². The predicted molar refractivity (Wildman–Crippen MR) is 81.6 cm³/mol. The number of benzene rings is 1. The Kier molecular flexibility index (Phi) is 25.0. The van der Waals surface area contributed by atoms with Crippen molar-refractivity contribution in [2.24, 2.45) is 0 Å². The molecule has 4 nitrogen and oxygen atoms in total. The van der Waals surface area contributed by atoms with Crippen molar-refractivity contribution in [3.8, 4) is 11.5 Å². The first-order valence-electron chi connectivity index (χ1n) is 6.44. The van der Waals surface area contributed by atoms with Crippen LogP contribution in [-0.2, 0) is 9.30 Å². The summed E-state index contributed by atoms with van der Waals surface area (Å²) in [4.78, 5) is 0. The summed E-state index contributed by atoms with van der Waals surface area (Å²) < 4.78 is 24.7. The molecule has 0 fully saturated rings. The van der Waals surface area contributed by atoms with Crippen LogP contribution in [0.2, 0.25) is 0 Å². The van der Waals surface area contributed by atoms with E-state index in [1.54, 1.807) is 14.2 Å². The van der Waals surface area contributed by atoms with Crippen molar-refractivity contribution in [3.63, 3.8) is 0 Å². The molecule has 1 aromatic rings. The van der Waals surface area contributed by atoms with E-state index in [1.165, 1.54) is 0 Å². The second-order valence-electron chi connectivity index (χ2n) is 3.77.